The topological polar surface area (TPSA) is 58.2 Å². The summed E-state index contributed by atoms with van der Waals surface area (Å²) in [5.74, 6) is -0.423. The van der Waals surface area contributed by atoms with Crippen LogP contribution in [0.2, 0.25) is 0 Å². The number of anilines is 1. The fourth-order valence-electron chi connectivity index (χ4n) is 3.19. The van der Waals surface area contributed by atoms with Gasteiger partial charge in [0.2, 0.25) is 11.8 Å². The number of rotatable bonds is 2. The summed E-state index contributed by atoms with van der Waals surface area (Å²) in [6, 6.07) is 7.86. The Morgan fingerprint density at radius 3 is 2.70 bits per heavy atom. The first-order valence-corrected chi connectivity index (χ1v) is 7.43. The van der Waals surface area contributed by atoms with E-state index in [-0.39, 0.29) is 30.2 Å². The van der Waals surface area contributed by atoms with Crippen molar-refractivity contribution in [1.29, 1.82) is 0 Å². The van der Waals surface area contributed by atoms with Crippen molar-refractivity contribution in [1.82, 2.24) is 5.32 Å². The molecule has 2 N–H and O–H groups in total. The van der Waals surface area contributed by atoms with Crippen LogP contribution in [0.5, 0.6) is 0 Å². The summed E-state index contributed by atoms with van der Waals surface area (Å²) >= 11 is 0. The summed E-state index contributed by atoms with van der Waals surface area (Å²) in [7, 11) is 0. The molecule has 0 spiro atoms. The van der Waals surface area contributed by atoms with Crippen LogP contribution in [-0.4, -0.2) is 17.9 Å². The van der Waals surface area contributed by atoms with Crippen molar-refractivity contribution in [3.05, 3.63) is 29.8 Å². The first-order valence-electron chi connectivity index (χ1n) is 7.43. The smallest absolute Gasteiger partial charge is 0.228 e. The molecule has 4 heteroatoms. The van der Waals surface area contributed by atoms with Crippen LogP contribution in [0.25, 0.3) is 0 Å². The van der Waals surface area contributed by atoms with Crippen LogP contribution in [0.15, 0.2) is 24.3 Å². The Bertz CT molecular complexity index is 521. The number of para-hydroxylation sites is 1. The number of carbonyl (C=O) groups excluding carboxylic acids is 2. The fraction of sp³-hybridized carbons (Fsp3) is 0.500. The van der Waals surface area contributed by atoms with E-state index in [1.165, 1.54) is 19.3 Å². The largest absolute Gasteiger partial charge is 0.353 e. The van der Waals surface area contributed by atoms with Gasteiger partial charge in [0.25, 0.3) is 0 Å². The van der Waals surface area contributed by atoms with Crippen molar-refractivity contribution in [2.75, 3.05) is 5.32 Å². The third kappa shape index (κ3) is 2.69. The van der Waals surface area contributed by atoms with E-state index in [1.54, 1.807) is 0 Å². The van der Waals surface area contributed by atoms with E-state index in [0.29, 0.717) is 0 Å². The van der Waals surface area contributed by atoms with Gasteiger partial charge in [-0.05, 0) is 24.5 Å². The number of benzene rings is 1. The van der Waals surface area contributed by atoms with Crippen molar-refractivity contribution in [3.63, 3.8) is 0 Å². The summed E-state index contributed by atoms with van der Waals surface area (Å²) in [5.41, 5.74) is 1.70. The van der Waals surface area contributed by atoms with E-state index in [2.05, 4.69) is 10.6 Å². The molecule has 1 unspecified atom stereocenters. The highest BCUT2D eigenvalue weighted by atomic mass is 16.2. The second-order valence-electron chi connectivity index (χ2n) is 5.74. The van der Waals surface area contributed by atoms with Gasteiger partial charge in [-0.1, -0.05) is 37.5 Å². The van der Waals surface area contributed by atoms with Gasteiger partial charge < -0.3 is 10.6 Å². The zero-order chi connectivity index (χ0) is 13.9. The molecule has 1 fully saturated rings. The van der Waals surface area contributed by atoms with Gasteiger partial charge in [-0.3, -0.25) is 9.59 Å². The predicted octanol–water partition coefficient (Wildman–Crippen LogP) is 2.56. The molecule has 1 atom stereocenters. The molecule has 1 aliphatic heterocycles. The molecule has 0 aromatic heterocycles. The quantitative estimate of drug-likeness (QED) is 0.869. The van der Waals surface area contributed by atoms with E-state index < -0.39 is 0 Å². The zero-order valence-corrected chi connectivity index (χ0v) is 11.5. The average molecular weight is 272 g/mol. The Hall–Kier alpha value is -1.84. The highest BCUT2D eigenvalue weighted by Gasteiger charge is 2.31. The molecule has 1 aromatic rings. The second-order valence-corrected chi connectivity index (χ2v) is 5.74. The molecule has 2 amide bonds. The summed E-state index contributed by atoms with van der Waals surface area (Å²) in [6.07, 6.45) is 6.01. The molecule has 2 aliphatic rings. The number of nitrogens with one attached hydrogen (secondary N) is 2. The van der Waals surface area contributed by atoms with Crippen molar-refractivity contribution in [3.8, 4) is 0 Å². The molecular formula is C16H20N2O2. The Kier molecular flexibility index (Phi) is 3.72. The number of hydrogen-bond donors (Lipinski definition) is 2. The van der Waals surface area contributed by atoms with Gasteiger partial charge >= 0.3 is 0 Å². The maximum Gasteiger partial charge on any atom is 0.228 e. The molecule has 20 heavy (non-hydrogen) atoms. The Labute approximate surface area is 118 Å². The molecule has 0 radical (unpaired) electrons. The molecule has 3 rings (SSSR count). The van der Waals surface area contributed by atoms with Crippen LogP contribution in [0.1, 0.15) is 50.0 Å². The van der Waals surface area contributed by atoms with Gasteiger partial charge in [0, 0.05) is 18.2 Å². The molecule has 0 saturated heterocycles. The van der Waals surface area contributed by atoms with Gasteiger partial charge in [-0.15, -0.1) is 0 Å². The Morgan fingerprint density at radius 1 is 1.15 bits per heavy atom. The van der Waals surface area contributed by atoms with Gasteiger partial charge in [0.1, 0.15) is 0 Å². The Balaban J connectivity index is 1.75. The summed E-state index contributed by atoms with van der Waals surface area (Å²) in [5, 5.41) is 5.96. The monoisotopic (exact) mass is 272 g/mol. The first kappa shape index (κ1) is 13.2. The van der Waals surface area contributed by atoms with Crippen molar-refractivity contribution in [2.45, 2.75) is 50.5 Å². The van der Waals surface area contributed by atoms with Crippen LogP contribution < -0.4 is 10.6 Å². The minimum atomic E-state index is -0.345. The maximum absolute atomic E-state index is 12.5. The van der Waals surface area contributed by atoms with E-state index >= 15 is 0 Å². The maximum atomic E-state index is 12.5. The Morgan fingerprint density at radius 2 is 1.90 bits per heavy atom. The molecule has 1 saturated carbocycles. The fourth-order valence-corrected chi connectivity index (χ4v) is 3.19. The van der Waals surface area contributed by atoms with Crippen LogP contribution in [0.3, 0.4) is 0 Å². The van der Waals surface area contributed by atoms with Crippen LogP contribution in [0.4, 0.5) is 5.69 Å². The number of carbonyl (C=O) groups is 2. The molecule has 4 nitrogen and oxygen atoms in total. The third-order valence-electron chi connectivity index (χ3n) is 4.27. The lowest BCUT2D eigenvalue weighted by atomic mass is 9.88. The van der Waals surface area contributed by atoms with E-state index in [0.717, 1.165) is 24.1 Å². The van der Waals surface area contributed by atoms with E-state index in [1.807, 2.05) is 24.3 Å². The van der Waals surface area contributed by atoms with E-state index in [9.17, 15) is 9.59 Å². The summed E-state index contributed by atoms with van der Waals surface area (Å²) in [4.78, 5) is 24.2. The van der Waals surface area contributed by atoms with Crippen molar-refractivity contribution < 1.29 is 9.59 Å². The van der Waals surface area contributed by atoms with Crippen LogP contribution in [-0.2, 0) is 9.59 Å². The molecule has 0 bridgehead atoms. The number of amides is 2. The number of hydrogen-bond acceptors (Lipinski definition) is 2. The highest BCUT2D eigenvalue weighted by molar-refractivity contribution is 6.01. The van der Waals surface area contributed by atoms with E-state index in [4.69, 9.17) is 0 Å². The first-order chi connectivity index (χ1) is 9.74. The molecule has 1 aromatic carbocycles. The van der Waals surface area contributed by atoms with Gasteiger partial charge in [0.05, 0.1) is 5.92 Å². The third-order valence-corrected chi connectivity index (χ3v) is 4.27. The second kappa shape index (κ2) is 5.65. The predicted molar refractivity (Wildman–Crippen MR) is 77.4 cm³/mol. The standard InChI is InChI=1S/C16H20N2O2/c19-15-10-13(12-8-4-5-9-14(12)18-15)16(20)17-11-6-2-1-3-7-11/h4-5,8-9,11,13H,1-3,6-7,10H2,(H,17,20)(H,18,19). The summed E-state index contributed by atoms with van der Waals surface area (Å²) < 4.78 is 0. The van der Waals surface area contributed by atoms with Crippen molar-refractivity contribution in [2.24, 2.45) is 0 Å². The van der Waals surface area contributed by atoms with Crippen molar-refractivity contribution >= 4 is 17.5 Å². The van der Waals surface area contributed by atoms with Gasteiger partial charge in [-0.2, -0.15) is 0 Å². The van der Waals surface area contributed by atoms with Gasteiger partial charge in [0.15, 0.2) is 0 Å². The van der Waals surface area contributed by atoms with Crippen LogP contribution in [0, 0.1) is 0 Å². The molecule has 106 valence electrons. The summed E-state index contributed by atoms with van der Waals surface area (Å²) in [6.45, 7) is 0. The lowest BCUT2D eigenvalue weighted by Gasteiger charge is -2.28. The SMILES string of the molecule is O=C1CC(C(=O)NC2CCCCC2)c2ccccc2N1. The minimum absolute atomic E-state index is 0.000741. The lowest BCUT2D eigenvalue weighted by molar-refractivity contribution is -0.127. The average Bonchev–Trinajstić information content (AvgIpc) is 2.47. The normalized spacial score (nSPS) is 22.8. The molecule has 1 aliphatic carbocycles. The minimum Gasteiger partial charge on any atom is -0.353 e. The molecular weight excluding hydrogens is 252 g/mol. The van der Waals surface area contributed by atoms with Gasteiger partial charge in [-0.25, -0.2) is 0 Å². The van der Waals surface area contributed by atoms with Crippen LogP contribution >= 0.6 is 0 Å². The highest BCUT2D eigenvalue weighted by Crippen LogP contribution is 2.32. The number of fused-ring (bicyclic) bond motifs is 1. The lowest BCUT2D eigenvalue weighted by Crippen LogP contribution is -2.41. The molecule has 1 heterocycles. The zero-order valence-electron chi connectivity index (χ0n) is 11.5.